The fourth-order valence-electron chi connectivity index (χ4n) is 6.87. The van der Waals surface area contributed by atoms with E-state index in [1.54, 1.807) is 0 Å². The van der Waals surface area contributed by atoms with E-state index in [9.17, 15) is 0 Å². The third-order valence-electron chi connectivity index (χ3n) is 8.47. The maximum absolute atomic E-state index is 6.93. The van der Waals surface area contributed by atoms with E-state index >= 15 is 0 Å². The van der Waals surface area contributed by atoms with Crippen molar-refractivity contribution in [1.82, 2.24) is 0 Å². The monoisotopic (exact) mass is 471 g/mol. The van der Waals surface area contributed by atoms with Crippen LogP contribution < -0.4 is 17.0 Å². The molecule has 4 bridgehead atoms. The summed E-state index contributed by atoms with van der Waals surface area (Å²) in [4.78, 5) is 0. The zero-order chi connectivity index (χ0) is 20.0. The van der Waals surface area contributed by atoms with Gasteiger partial charge in [0.2, 0.25) is 0 Å². The van der Waals surface area contributed by atoms with Crippen LogP contribution >= 0.6 is 0 Å². The van der Waals surface area contributed by atoms with Crippen LogP contribution in [0.1, 0.15) is 117 Å². The van der Waals surface area contributed by atoms with Crippen LogP contribution in [0.15, 0.2) is 0 Å². The van der Waals surface area contributed by atoms with E-state index in [0.29, 0.717) is 6.23 Å². The van der Waals surface area contributed by atoms with Gasteiger partial charge < -0.3 is 26.2 Å². The second kappa shape index (κ2) is 11.9. The lowest BCUT2D eigenvalue weighted by Crippen LogP contribution is -3.00. The van der Waals surface area contributed by atoms with Crippen molar-refractivity contribution in [2.45, 2.75) is 128 Å². The van der Waals surface area contributed by atoms with E-state index in [4.69, 9.17) is 4.74 Å². The Hall–Kier alpha value is 0.400. The molecule has 0 saturated heterocycles. The van der Waals surface area contributed by atoms with Crippen LogP contribution in [0, 0.1) is 17.8 Å². The molecule has 0 N–H and O–H groups in total. The van der Waals surface area contributed by atoms with Gasteiger partial charge in [0, 0.05) is 6.92 Å². The molecule has 0 radical (unpaired) electrons. The van der Waals surface area contributed by atoms with Crippen molar-refractivity contribution in [2.75, 3.05) is 20.6 Å². The van der Waals surface area contributed by atoms with Gasteiger partial charge in [0.25, 0.3) is 0 Å². The van der Waals surface area contributed by atoms with Crippen molar-refractivity contribution < 1.29 is 26.2 Å². The van der Waals surface area contributed by atoms with E-state index in [-0.39, 0.29) is 22.6 Å². The molecule has 29 heavy (non-hydrogen) atoms. The van der Waals surface area contributed by atoms with E-state index in [2.05, 4.69) is 27.9 Å². The number of nitrogens with zero attached hydrogens (tertiary/aromatic N) is 1. The summed E-state index contributed by atoms with van der Waals surface area (Å²) in [6.07, 6.45) is 23.2. The SMILES string of the molecule is CCCCCCCCCCCC[N+](C)(C)C(C)OC12CC3CC(CC(C3)C1)C2.[Br-]. The number of hydrogen-bond acceptors (Lipinski definition) is 1. The van der Waals surface area contributed by atoms with Gasteiger partial charge in [0.05, 0.1) is 26.2 Å². The number of hydrogen-bond donors (Lipinski definition) is 0. The normalized spacial score (nSPS) is 31.7. The summed E-state index contributed by atoms with van der Waals surface area (Å²) in [5.41, 5.74) is 0.251. The third-order valence-corrected chi connectivity index (χ3v) is 8.47. The Balaban J connectivity index is 0.00000300. The lowest BCUT2D eigenvalue weighted by molar-refractivity contribution is -0.938. The number of ether oxygens (including phenoxy) is 1. The molecule has 4 rings (SSSR count). The summed E-state index contributed by atoms with van der Waals surface area (Å²) in [5, 5.41) is 0. The number of unbranched alkanes of at least 4 members (excludes halogenated alkanes) is 9. The molecular weight excluding hydrogens is 422 g/mol. The summed E-state index contributed by atoms with van der Waals surface area (Å²) in [6, 6.07) is 0. The Bertz CT molecular complexity index is 428. The van der Waals surface area contributed by atoms with Crippen LogP contribution in [0.25, 0.3) is 0 Å². The van der Waals surface area contributed by atoms with Crippen molar-refractivity contribution >= 4 is 0 Å². The minimum Gasteiger partial charge on any atom is -1.00 e. The smallest absolute Gasteiger partial charge is 0.190 e. The first kappa shape index (κ1) is 25.7. The molecule has 0 heterocycles. The molecule has 172 valence electrons. The highest BCUT2D eigenvalue weighted by atomic mass is 79.9. The first-order valence-corrected chi connectivity index (χ1v) is 12.9. The van der Waals surface area contributed by atoms with Crippen molar-refractivity contribution in [3.05, 3.63) is 0 Å². The average Bonchev–Trinajstić information content (AvgIpc) is 2.61. The molecule has 0 aromatic carbocycles. The summed E-state index contributed by atoms with van der Waals surface area (Å²) in [5.74, 6) is 2.95. The zero-order valence-corrected chi connectivity index (χ0v) is 21.6. The predicted octanol–water partition coefficient (Wildman–Crippen LogP) is 4.32. The summed E-state index contributed by atoms with van der Waals surface area (Å²) in [7, 11) is 4.80. The fraction of sp³-hybridized carbons (Fsp3) is 1.00. The van der Waals surface area contributed by atoms with Gasteiger partial charge in [-0.1, -0.05) is 58.3 Å². The second-order valence-electron chi connectivity index (χ2n) is 11.5. The Kier molecular flexibility index (Phi) is 10.5. The van der Waals surface area contributed by atoms with E-state index < -0.39 is 0 Å². The Labute approximate surface area is 192 Å². The molecule has 0 aromatic heterocycles. The van der Waals surface area contributed by atoms with Crippen LogP contribution in [0.2, 0.25) is 0 Å². The fourth-order valence-corrected chi connectivity index (χ4v) is 6.87. The molecule has 0 amide bonds. The molecule has 2 nitrogen and oxygen atoms in total. The van der Waals surface area contributed by atoms with Gasteiger partial charge in [-0.25, -0.2) is 0 Å². The Morgan fingerprint density at radius 1 is 0.759 bits per heavy atom. The number of quaternary nitrogens is 1. The standard InChI is InChI=1S/C26H50NO.BrH/c1-5-6-7-8-9-10-11-12-13-14-15-27(3,4)22(2)28-26-19-23-16-24(20-26)18-25(17-23)21-26;/h22-25H,5-21H2,1-4H3;1H/q+1;/p-1. The maximum atomic E-state index is 6.93. The molecule has 0 aliphatic heterocycles. The van der Waals surface area contributed by atoms with Crippen LogP contribution in [0.4, 0.5) is 0 Å². The molecule has 4 aliphatic carbocycles. The minimum atomic E-state index is 0. The molecule has 4 aliphatic rings. The molecule has 0 aromatic rings. The maximum Gasteiger partial charge on any atom is 0.190 e. The average molecular weight is 473 g/mol. The minimum absolute atomic E-state index is 0. The molecular formula is C26H50BrNO. The van der Waals surface area contributed by atoms with Crippen LogP contribution in [-0.4, -0.2) is 37.0 Å². The van der Waals surface area contributed by atoms with Gasteiger partial charge >= 0.3 is 0 Å². The van der Waals surface area contributed by atoms with E-state index in [0.717, 1.165) is 22.2 Å². The largest absolute Gasteiger partial charge is 1.00 e. The Morgan fingerprint density at radius 3 is 1.62 bits per heavy atom. The quantitative estimate of drug-likeness (QED) is 0.208. The van der Waals surface area contributed by atoms with E-state index in [1.807, 2.05) is 0 Å². The number of halogens is 1. The highest BCUT2D eigenvalue weighted by Gasteiger charge is 2.53. The van der Waals surface area contributed by atoms with Gasteiger partial charge in [-0.3, -0.25) is 0 Å². The van der Waals surface area contributed by atoms with Gasteiger partial charge in [0.1, 0.15) is 0 Å². The first-order valence-electron chi connectivity index (χ1n) is 12.9. The predicted molar refractivity (Wildman–Crippen MR) is 120 cm³/mol. The van der Waals surface area contributed by atoms with Gasteiger partial charge in [-0.2, -0.15) is 0 Å². The topological polar surface area (TPSA) is 9.23 Å². The highest BCUT2D eigenvalue weighted by molar-refractivity contribution is 5.03. The lowest BCUT2D eigenvalue weighted by Gasteiger charge is -2.57. The molecule has 1 atom stereocenters. The van der Waals surface area contributed by atoms with Crippen molar-refractivity contribution in [1.29, 1.82) is 0 Å². The lowest BCUT2D eigenvalue weighted by atomic mass is 9.54. The molecule has 3 heteroatoms. The summed E-state index contributed by atoms with van der Waals surface area (Å²) < 4.78 is 7.97. The van der Waals surface area contributed by atoms with Crippen molar-refractivity contribution in [3.63, 3.8) is 0 Å². The van der Waals surface area contributed by atoms with Gasteiger partial charge in [0.15, 0.2) is 6.23 Å². The van der Waals surface area contributed by atoms with Crippen LogP contribution in [0.5, 0.6) is 0 Å². The van der Waals surface area contributed by atoms with Crippen LogP contribution in [0.3, 0.4) is 0 Å². The molecule has 4 saturated carbocycles. The molecule has 4 fully saturated rings. The third kappa shape index (κ3) is 7.49. The highest BCUT2D eigenvalue weighted by Crippen LogP contribution is 2.57. The van der Waals surface area contributed by atoms with Crippen molar-refractivity contribution in [2.24, 2.45) is 17.8 Å². The Morgan fingerprint density at radius 2 is 1.17 bits per heavy atom. The number of rotatable bonds is 14. The first-order chi connectivity index (χ1) is 13.4. The summed E-state index contributed by atoms with van der Waals surface area (Å²) in [6.45, 7) is 5.92. The van der Waals surface area contributed by atoms with Crippen molar-refractivity contribution in [3.8, 4) is 0 Å². The zero-order valence-electron chi connectivity index (χ0n) is 20.1. The molecule has 0 spiro atoms. The van der Waals surface area contributed by atoms with E-state index in [1.165, 1.54) is 109 Å². The molecule has 1 unspecified atom stereocenters. The van der Waals surface area contributed by atoms with Gasteiger partial charge in [-0.15, -0.1) is 0 Å². The summed E-state index contributed by atoms with van der Waals surface area (Å²) >= 11 is 0. The van der Waals surface area contributed by atoms with Gasteiger partial charge in [-0.05, 0) is 69.1 Å². The second-order valence-corrected chi connectivity index (χ2v) is 11.5. The van der Waals surface area contributed by atoms with Crippen LogP contribution in [-0.2, 0) is 4.74 Å².